The second-order valence-electron chi connectivity index (χ2n) is 9.35. The number of aromatic nitrogens is 6. The fourth-order valence-electron chi connectivity index (χ4n) is 5.05. The van der Waals surface area contributed by atoms with Gasteiger partial charge in [-0.15, -0.1) is 15.3 Å². The minimum Gasteiger partial charge on any atom is -0.507 e. The summed E-state index contributed by atoms with van der Waals surface area (Å²) in [7, 11) is 1.82. The highest BCUT2D eigenvalue weighted by Gasteiger charge is 2.56. The molecule has 5 rings (SSSR count). The van der Waals surface area contributed by atoms with Gasteiger partial charge in [0.1, 0.15) is 24.3 Å². The van der Waals surface area contributed by atoms with E-state index >= 15 is 4.39 Å². The first kappa shape index (κ1) is 21.2. The first-order chi connectivity index (χ1) is 15.7. The number of anilines is 1. The lowest BCUT2D eigenvalue weighted by atomic mass is 9.82. The Morgan fingerprint density at radius 2 is 2.09 bits per heavy atom. The molecular weight excluding hydrogens is 425 g/mol. The van der Waals surface area contributed by atoms with Crippen LogP contribution >= 0.6 is 0 Å². The molecule has 0 saturated carbocycles. The number of alkyl halides is 1. The SMILES string of the molecule is CN(c1cnc(-c2ccc(-n3cnc(C#N)n3)cc2O)nn1)[C@@H]1C[C@@]2(C)CC[C@](C)(N2)[C@@H]1F. The lowest BCUT2D eigenvalue weighted by molar-refractivity contribution is 0.0859. The molecule has 0 unspecified atom stereocenters. The van der Waals surface area contributed by atoms with Crippen LogP contribution in [0, 0.1) is 11.3 Å². The van der Waals surface area contributed by atoms with Gasteiger partial charge in [0, 0.05) is 24.2 Å². The van der Waals surface area contributed by atoms with Crippen molar-refractivity contribution in [3.05, 3.63) is 36.5 Å². The minimum absolute atomic E-state index is 0.0334. The van der Waals surface area contributed by atoms with E-state index in [1.54, 1.807) is 18.3 Å². The van der Waals surface area contributed by atoms with Gasteiger partial charge < -0.3 is 15.3 Å². The molecule has 2 N–H and O–H groups in total. The van der Waals surface area contributed by atoms with E-state index < -0.39 is 11.7 Å². The number of rotatable bonds is 4. The summed E-state index contributed by atoms with van der Waals surface area (Å²) in [6.07, 6.45) is 4.31. The zero-order chi connectivity index (χ0) is 23.4. The zero-order valence-electron chi connectivity index (χ0n) is 18.6. The van der Waals surface area contributed by atoms with Crippen LogP contribution in [0.2, 0.25) is 0 Å². The summed E-state index contributed by atoms with van der Waals surface area (Å²) < 4.78 is 16.8. The monoisotopic (exact) mass is 449 g/mol. The smallest absolute Gasteiger partial charge is 0.252 e. The van der Waals surface area contributed by atoms with Gasteiger partial charge in [0.05, 0.1) is 23.5 Å². The van der Waals surface area contributed by atoms with Gasteiger partial charge in [-0.1, -0.05) is 0 Å². The van der Waals surface area contributed by atoms with E-state index in [1.165, 1.54) is 17.1 Å². The highest BCUT2D eigenvalue weighted by molar-refractivity contribution is 5.66. The molecule has 4 atom stereocenters. The molecule has 0 radical (unpaired) electrons. The van der Waals surface area contributed by atoms with E-state index in [9.17, 15) is 5.11 Å². The summed E-state index contributed by atoms with van der Waals surface area (Å²) in [4.78, 5) is 10.0. The van der Waals surface area contributed by atoms with E-state index in [0.717, 1.165) is 12.8 Å². The third-order valence-corrected chi connectivity index (χ3v) is 6.88. The van der Waals surface area contributed by atoms with E-state index in [1.807, 2.05) is 24.9 Å². The van der Waals surface area contributed by atoms with Crippen molar-refractivity contribution in [2.24, 2.45) is 0 Å². The fourth-order valence-corrected chi connectivity index (χ4v) is 5.05. The van der Waals surface area contributed by atoms with Gasteiger partial charge in [-0.05, 0) is 45.2 Å². The van der Waals surface area contributed by atoms with E-state index in [0.29, 0.717) is 23.5 Å². The van der Waals surface area contributed by atoms with Gasteiger partial charge in [-0.25, -0.2) is 19.0 Å². The van der Waals surface area contributed by atoms with Crippen molar-refractivity contribution in [3.63, 3.8) is 0 Å². The standard InChI is InChI=1S/C22H24FN9O/c1-21-6-7-22(2,30-21)19(23)15(9-21)31(3)18-11-25-20(28-27-18)14-5-4-13(8-16(14)33)32-12-26-17(10-24)29-32/h4-5,8,11-12,15,19,30,33H,6-7,9H2,1-3H3/t15-,19-,21-,22+/m1/s1. The molecule has 1 aromatic carbocycles. The predicted molar refractivity (Wildman–Crippen MR) is 117 cm³/mol. The van der Waals surface area contributed by atoms with Crippen molar-refractivity contribution < 1.29 is 9.50 Å². The molecule has 2 saturated heterocycles. The van der Waals surface area contributed by atoms with Gasteiger partial charge in [0.2, 0.25) is 0 Å². The van der Waals surface area contributed by atoms with Crippen LogP contribution in [-0.4, -0.2) is 65.4 Å². The summed E-state index contributed by atoms with van der Waals surface area (Å²) in [6.45, 7) is 4.09. The number of phenols is 1. The average molecular weight is 449 g/mol. The Hall–Kier alpha value is -3.65. The Kier molecular flexibility index (Phi) is 4.79. The topological polar surface area (TPSA) is 129 Å². The van der Waals surface area contributed by atoms with Crippen LogP contribution in [0.3, 0.4) is 0 Å². The number of hydrogen-bond donors (Lipinski definition) is 2. The van der Waals surface area contributed by atoms with Crippen molar-refractivity contribution in [2.75, 3.05) is 11.9 Å². The van der Waals surface area contributed by atoms with Crippen LogP contribution in [0.15, 0.2) is 30.7 Å². The van der Waals surface area contributed by atoms with Crippen molar-refractivity contribution >= 4 is 5.82 Å². The number of benzene rings is 1. The fraction of sp³-hybridized carbons (Fsp3) is 0.455. The lowest BCUT2D eigenvalue weighted by Crippen LogP contribution is -2.65. The van der Waals surface area contributed by atoms with Crippen molar-refractivity contribution in [1.82, 2.24) is 35.3 Å². The molecule has 2 bridgehead atoms. The maximum Gasteiger partial charge on any atom is 0.252 e. The molecule has 4 heterocycles. The van der Waals surface area contributed by atoms with Crippen molar-refractivity contribution in [2.45, 2.75) is 56.4 Å². The number of fused-ring (bicyclic) bond motifs is 2. The van der Waals surface area contributed by atoms with Gasteiger partial charge in [-0.2, -0.15) is 5.26 Å². The van der Waals surface area contributed by atoms with Crippen LogP contribution in [0.25, 0.3) is 17.1 Å². The summed E-state index contributed by atoms with van der Waals surface area (Å²) in [5.41, 5.74) is 0.289. The first-order valence-corrected chi connectivity index (χ1v) is 10.7. The third-order valence-electron chi connectivity index (χ3n) is 6.88. The maximum atomic E-state index is 15.4. The molecule has 2 aromatic heterocycles. The molecule has 0 amide bonds. The van der Waals surface area contributed by atoms with Gasteiger partial charge >= 0.3 is 0 Å². The molecule has 170 valence electrons. The number of hydrogen-bond acceptors (Lipinski definition) is 9. The number of nitrogens with zero attached hydrogens (tertiary/aromatic N) is 8. The second-order valence-corrected chi connectivity index (χ2v) is 9.35. The number of phenolic OH excluding ortho intramolecular Hbond substituents is 1. The van der Waals surface area contributed by atoms with Gasteiger partial charge in [0.15, 0.2) is 11.6 Å². The average Bonchev–Trinajstić information content (AvgIpc) is 3.39. The normalized spacial score (nSPS) is 28.5. The second kappa shape index (κ2) is 7.45. The molecule has 2 aliphatic heterocycles. The largest absolute Gasteiger partial charge is 0.507 e. The van der Waals surface area contributed by atoms with Crippen LogP contribution in [-0.2, 0) is 0 Å². The van der Waals surface area contributed by atoms with Gasteiger partial charge in [0.25, 0.3) is 5.82 Å². The van der Waals surface area contributed by atoms with E-state index in [-0.39, 0.29) is 29.0 Å². The summed E-state index contributed by atoms with van der Waals surface area (Å²) in [5.74, 6) is 0.686. The molecule has 2 aliphatic rings. The molecule has 10 nitrogen and oxygen atoms in total. The molecule has 0 spiro atoms. The number of aromatic hydroxyl groups is 1. The zero-order valence-corrected chi connectivity index (χ0v) is 18.6. The Balaban J connectivity index is 1.37. The molecule has 33 heavy (non-hydrogen) atoms. The molecule has 0 aliphatic carbocycles. The molecule has 11 heteroatoms. The molecular formula is C22H24FN9O. The summed E-state index contributed by atoms with van der Waals surface area (Å²) in [6, 6.07) is 6.35. The summed E-state index contributed by atoms with van der Waals surface area (Å²) in [5, 5.41) is 35.3. The van der Waals surface area contributed by atoms with E-state index in [4.69, 9.17) is 5.26 Å². The Morgan fingerprint density at radius 3 is 2.76 bits per heavy atom. The highest BCUT2D eigenvalue weighted by atomic mass is 19.1. The highest BCUT2D eigenvalue weighted by Crippen LogP contribution is 2.45. The Morgan fingerprint density at radius 1 is 1.27 bits per heavy atom. The Labute approximate surface area is 190 Å². The quantitative estimate of drug-likeness (QED) is 0.615. The minimum atomic E-state index is -1.05. The van der Waals surface area contributed by atoms with Gasteiger partial charge in [-0.3, -0.25) is 0 Å². The number of nitrogens with one attached hydrogen (secondary N) is 1. The summed E-state index contributed by atoms with van der Waals surface area (Å²) >= 11 is 0. The molecule has 2 fully saturated rings. The first-order valence-electron chi connectivity index (χ1n) is 10.7. The van der Waals surface area contributed by atoms with Crippen LogP contribution < -0.4 is 10.2 Å². The van der Waals surface area contributed by atoms with Crippen molar-refractivity contribution in [1.29, 1.82) is 5.26 Å². The maximum absolute atomic E-state index is 15.4. The number of halogens is 1. The van der Waals surface area contributed by atoms with Crippen LogP contribution in [0.5, 0.6) is 5.75 Å². The third kappa shape index (κ3) is 3.56. The van der Waals surface area contributed by atoms with Crippen molar-refractivity contribution in [3.8, 4) is 28.9 Å². The number of nitriles is 1. The van der Waals surface area contributed by atoms with Crippen LogP contribution in [0.1, 0.15) is 38.9 Å². The van der Waals surface area contributed by atoms with Crippen LogP contribution in [0.4, 0.5) is 10.2 Å². The molecule has 3 aromatic rings. The predicted octanol–water partition coefficient (Wildman–Crippen LogP) is 2.14. The number of piperidine rings is 1. The Bertz CT molecular complexity index is 1240. The van der Waals surface area contributed by atoms with E-state index in [2.05, 4.69) is 37.5 Å². The lowest BCUT2D eigenvalue weighted by Gasteiger charge is -2.47.